The molecule has 1 aromatic rings. The fourth-order valence-corrected chi connectivity index (χ4v) is 3.38. The van der Waals surface area contributed by atoms with Crippen LogP contribution in [-0.2, 0) is 23.9 Å². The molecule has 0 saturated carbocycles. The zero-order chi connectivity index (χ0) is 16.8. The lowest BCUT2D eigenvalue weighted by Crippen LogP contribution is -2.38. The third-order valence-corrected chi connectivity index (χ3v) is 4.63. The van der Waals surface area contributed by atoms with Gasteiger partial charge in [0, 0.05) is 37.5 Å². The first-order chi connectivity index (χ1) is 10.8. The van der Waals surface area contributed by atoms with Crippen molar-refractivity contribution in [1.82, 2.24) is 10.2 Å². The smallest absolute Gasteiger partial charge is 0.374 e. The van der Waals surface area contributed by atoms with Crippen LogP contribution in [0.3, 0.4) is 0 Å². The number of hydrogen-bond acceptors (Lipinski definition) is 4. The molecule has 4 nitrogen and oxygen atoms in total. The van der Waals surface area contributed by atoms with Gasteiger partial charge in [0.05, 0.1) is 5.56 Å². The number of carbonyl (C=O) groups excluding carboxylic acids is 1. The Morgan fingerprint density at radius 2 is 2.13 bits per heavy atom. The van der Waals surface area contributed by atoms with Crippen molar-refractivity contribution >= 4 is 5.78 Å². The molecule has 0 spiro atoms. The summed E-state index contributed by atoms with van der Waals surface area (Å²) in [6.07, 6.45) is -4.84. The summed E-state index contributed by atoms with van der Waals surface area (Å²) in [6, 6.07) is 2.74. The molecule has 1 aromatic carbocycles. The number of aliphatic hydroxyl groups is 1. The van der Waals surface area contributed by atoms with E-state index in [-0.39, 0.29) is 30.2 Å². The average molecular weight is 328 g/mol. The predicted molar refractivity (Wildman–Crippen MR) is 77.6 cm³/mol. The average Bonchev–Trinajstić information content (AvgIpc) is 2.75. The molecule has 0 bridgehead atoms. The number of alkyl halides is 3. The lowest BCUT2D eigenvalue weighted by molar-refractivity contribution is -0.138. The fourth-order valence-electron chi connectivity index (χ4n) is 3.38. The fraction of sp³-hybridized carbons (Fsp3) is 0.562. The molecule has 0 aliphatic carbocycles. The number of aliphatic hydroxyl groups excluding tert-OH is 1. The van der Waals surface area contributed by atoms with Crippen LogP contribution in [0, 0.1) is 5.92 Å². The van der Waals surface area contributed by atoms with Crippen molar-refractivity contribution < 1.29 is 23.1 Å². The Hall–Kier alpha value is -1.44. The molecule has 0 aromatic heterocycles. The maximum absolute atomic E-state index is 13.4. The van der Waals surface area contributed by atoms with Gasteiger partial charge in [-0.05, 0) is 30.7 Å². The van der Waals surface area contributed by atoms with Gasteiger partial charge in [-0.1, -0.05) is 6.07 Å². The molecule has 23 heavy (non-hydrogen) atoms. The predicted octanol–water partition coefficient (Wildman–Crippen LogP) is 1.86. The molecular formula is C16H19F3N2O2. The van der Waals surface area contributed by atoms with Crippen molar-refractivity contribution in [2.75, 3.05) is 20.1 Å². The van der Waals surface area contributed by atoms with Crippen LogP contribution < -0.4 is 5.32 Å². The van der Waals surface area contributed by atoms with Gasteiger partial charge in [0.1, 0.15) is 12.0 Å². The number of nitrogens with one attached hydrogen (secondary N) is 1. The Balaban J connectivity index is 1.97. The Labute approximate surface area is 132 Å². The van der Waals surface area contributed by atoms with Gasteiger partial charge in [-0.25, -0.2) is 0 Å². The summed E-state index contributed by atoms with van der Waals surface area (Å²) in [5.74, 6) is -0.227. The van der Waals surface area contributed by atoms with Crippen LogP contribution in [0.1, 0.15) is 34.9 Å². The third-order valence-electron chi connectivity index (χ3n) is 4.63. The van der Waals surface area contributed by atoms with Crippen molar-refractivity contribution in [2.24, 2.45) is 5.92 Å². The lowest BCUT2D eigenvalue weighted by Gasteiger charge is -2.23. The third kappa shape index (κ3) is 3.13. The van der Waals surface area contributed by atoms with E-state index in [1.165, 1.54) is 4.90 Å². The molecular weight excluding hydrogens is 309 g/mol. The first-order valence-electron chi connectivity index (χ1n) is 7.62. The van der Waals surface area contributed by atoms with Gasteiger partial charge < -0.3 is 10.4 Å². The Morgan fingerprint density at radius 1 is 1.39 bits per heavy atom. The van der Waals surface area contributed by atoms with Crippen molar-refractivity contribution in [3.8, 4) is 0 Å². The van der Waals surface area contributed by atoms with Crippen LogP contribution in [0.25, 0.3) is 0 Å². The highest BCUT2D eigenvalue weighted by Crippen LogP contribution is 2.41. The van der Waals surface area contributed by atoms with Gasteiger partial charge in [0.25, 0.3) is 0 Å². The van der Waals surface area contributed by atoms with E-state index in [1.807, 2.05) is 0 Å². The summed E-state index contributed by atoms with van der Waals surface area (Å²) >= 11 is 0. The molecule has 2 N–H and O–H groups in total. The van der Waals surface area contributed by atoms with Crippen LogP contribution in [0.5, 0.6) is 0 Å². The molecule has 0 amide bonds. The molecule has 2 unspecified atom stereocenters. The maximum atomic E-state index is 13.4. The number of rotatable bonds is 2. The van der Waals surface area contributed by atoms with Crippen molar-refractivity contribution in [1.29, 1.82) is 0 Å². The highest BCUT2D eigenvalue weighted by atomic mass is 19.4. The molecule has 3 rings (SSSR count). The topological polar surface area (TPSA) is 52.6 Å². The van der Waals surface area contributed by atoms with E-state index in [2.05, 4.69) is 5.32 Å². The quantitative estimate of drug-likeness (QED) is 0.870. The first-order valence-corrected chi connectivity index (χ1v) is 7.62. The second-order valence-electron chi connectivity index (χ2n) is 6.32. The number of ketones is 1. The van der Waals surface area contributed by atoms with E-state index in [0.29, 0.717) is 30.6 Å². The summed E-state index contributed by atoms with van der Waals surface area (Å²) in [6.45, 7) is 1.17. The Kier molecular flexibility index (Phi) is 4.20. The highest BCUT2D eigenvalue weighted by molar-refractivity contribution is 5.82. The molecule has 0 radical (unpaired) electrons. The van der Waals surface area contributed by atoms with E-state index in [1.54, 1.807) is 13.1 Å². The van der Waals surface area contributed by atoms with E-state index in [9.17, 15) is 23.1 Å². The molecule has 2 heterocycles. The van der Waals surface area contributed by atoms with E-state index >= 15 is 0 Å². The minimum atomic E-state index is -4.47. The number of hydrogen-bond donors (Lipinski definition) is 2. The SMILES string of the molecule is CN1Cc2c(cc(CC3CNCCC3=O)cc2C(F)(F)F)C1O. The first kappa shape index (κ1) is 16.4. The van der Waals surface area contributed by atoms with Crippen molar-refractivity contribution in [3.05, 3.63) is 34.4 Å². The monoisotopic (exact) mass is 328 g/mol. The summed E-state index contributed by atoms with van der Waals surface area (Å²) in [4.78, 5) is 13.4. The van der Waals surface area contributed by atoms with Gasteiger partial charge in [0.15, 0.2) is 0 Å². The van der Waals surface area contributed by atoms with Crippen LogP contribution in [0.4, 0.5) is 13.2 Å². The molecule has 1 fully saturated rings. The molecule has 2 aliphatic rings. The van der Waals surface area contributed by atoms with Crippen LogP contribution in [-0.4, -0.2) is 35.9 Å². The summed E-state index contributed by atoms with van der Waals surface area (Å²) in [7, 11) is 1.58. The number of fused-ring (bicyclic) bond motifs is 1. The highest BCUT2D eigenvalue weighted by Gasteiger charge is 2.39. The van der Waals surface area contributed by atoms with Crippen LogP contribution >= 0.6 is 0 Å². The summed E-state index contributed by atoms with van der Waals surface area (Å²) in [5.41, 5.74) is 0.176. The standard InChI is InChI=1S/C16H19F3N2O2/c1-21-8-12-11(15(21)23)5-9(6-13(12)16(17,18)19)4-10-7-20-3-2-14(10)22/h5-6,10,15,20,23H,2-4,7-8H2,1H3. The minimum Gasteiger partial charge on any atom is -0.374 e. The Bertz CT molecular complexity index is 630. The molecule has 2 atom stereocenters. The number of benzene rings is 1. The molecule has 126 valence electrons. The summed E-state index contributed by atoms with van der Waals surface area (Å²) < 4.78 is 40.1. The number of piperidine rings is 1. The number of halogens is 3. The van der Waals surface area contributed by atoms with Crippen LogP contribution in [0.15, 0.2) is 12.1 Å². The summed E-state index contributed by atoms with van der Waals surface area (Å²) in [5, 5.41) is 13.2. The normalized spacial score (nSPS) is 25.7. The van der Waals surface area contributed by atoms with Gasteiger partial charge in [-0.15, -0.1) is 0 Å². The van der Waals surface area contributed by atoms with Gasteiger partial charge in [0.2, 0.25) is 0 Å². The van der Waals surface area contributed by atoms with Crippen LogP contribution in [0.2, 0.25) is 0 Å². The van der Waals surface area contributed by atoms with E-state index in [0.717, 1.165) is 6.07 Å². The minimum absolute atomic E-state index is 0.0650. The number of nitrogens with zero attached hydrogens (tertiary/aromatic N) is 1. The largest absolute Gasteiger partial charge is 0.416 e. The second kappa shape index (κ2) is 5.89. The van der Waals surface area contributed by atoms with Gasteiger partial charge >= 0.3 is 6.18 Å². The maximum Gasteiger partial charge on any atom is 0.416 e. The Morgan fingerprint density at radius 3 is 2.78 bits per heavy atom. The zero-order valence-electron chi connectivity index (χ0n) is 12.8. The van der Waals surface area contributed by atoms with E-state index in [4.69, 9.17) is 0 Å². The lowest BCUT2D eigenvalue weighted by atomic mass is 9.88. The molecule has 2 aliphatic heterocycles. The number of carbonyl (C=O) groups is 1. The zero-order valence-corrected chi connectivity index (χ0v) is 12.8. The molecule has 7 heteroatoms. The van der Waals surface area contributed by atoms with Gasteiger partial charge in [-0.3, -0.25) is 9.69 Å². The van der Waals surface area contributed by atoms with Crippen molar-refractivity contribution in [3.63, 3.8) is 0 Å². The van der Waals surface area contributed by atoms with Crippen molar-refractivity contribution in [2.45, 2.75) is 31.8 Å². The van der Waals surface area contributed by atoms with Gasteiger partial charge in [-0.2, -0.15) is 13.2 Å². The number of Topliss-reactive ketones (excluding diaryl/α,β-unsaturated/α-hetero) is 1. The molecule has 1 saturated heterocycles. The second-order valence-corrected chi connectivity index (χ2v) is 6.32. The van der Waals surface area contributed by atoms with E-state index < -0.39 is 18.0 Å².